The van der Waals surface area contributed by atoms with Crippen LogP contribution in [0.5, 0.6) is 11.5 Å². The molecule has 2 N–H and O–H groups in total. The van der Waals surface area contributed by atoms with Crippen molar-refractivity contribution in [1.82, 2.24) is 20.1 Å². The number of benzene rings is 2. The number of carboxylic acid groups (broad SMARTS) is 1. The van der Waals surface area contributed by atoms with E-state index in [0.717, 1.165) is 32.1 Å². The fourth-order valence-electron chi connectivity index (χ4n) is 7.86. The van der Waals surface area contributed by atoms with Crippen LogP contribution in [-0.4, -0.2) is 51.4 Å². The number of hydrogen-bond acceptors (Lipinski definition) is 6. The number of rotatable bonds is 7. The summed E-state index contributed by atoms with van der Waals surface area (Å²) < 4.78 is 58.7. The Hall–Kier alpha value is -4.11. The van der Waals surface area contributed by atoms with Crippen LogP contribution in [0.4, 0.5) is 0 Å². The van der Waals surface area contributed by atoms with Gasteiger partial charge in [0.25, 0.3) is 5.91 Å². The van der Waals surface area contributed by atoms with Gasteiger partial charge in [-0.05, 0) is 98.2 Å². The SMILES string of the molecule is [3H]C([3H])([3H])Oc1cccc(OC([3H])([3H])[3H])c1-c1cc(C(=O)NC2(C(=O)O)C3CC4CC(C3)CC2C4)nn1-c1ccnc2cc(Cl)ccc12. The summed E-state index contributed by atoms with van der Waals surface area (Å²) in [5.74, 6) is -1.88. The van der Waals surface area contributed by atoms with E-state index in [2.05, 4.69) is 15.4 Å². The van der Waals surface area contributed by atoms with E-state index in [1.807, 2.05) is 0 Å². The lowest BCUT2D eigenvalue weighted by atomic mass is 9.48. The summed E-state index contributed by atoms with van der Waals surface area (Å²) in [5, 5.41) is 19.1. The zero-order valence-corrected chi connectivity index (χ0v) is 23.1. The number of carbonyl (C=O) groups excluding carboxylic acids is 1. The maximum Gasteiger partial charge on any atom is 0.330 e. The summed E-state index contributed by atoms with van der Waals surface area (Å²) >= 11 is 6.23. The van der Waals surface area contributed by atoms with Gasteiger partial charge in [-0.2, -0.15) is 5.10 Å². The second-order valence-electron chi connectivity index (χ2n) is 11.6. The van der Waals surface area contributed by atoms with E-state index in [0.29, 0.717) is 33.4 Å². The number of fused-ring (bicyclic) bond motifs is 1. The summed E-state index contributed by atoms with van der Waals surface area (Å²) in [6.45, 7) is 0. The Morgan fingerprint density at radius 2 is 1.71 bits per heavy atom. The molecule has 4 aliphatic carbocycles. The highest BCUT2D eigenvalue weighted by atomic mass is 35.5. The van der Waals surface area contributed by atoms with Crippen LogP contribution in [0.2, 0.25) is 5.02 Å². The smallest absolute Gasteiger partial charge is 0.330 e. The van der Waals surface area contributed by atoms with Gasteiger partial charge in [0.2, 0.25) is 0 Å². The average molecular weight is 599 g/mol. The zero-order chi connectivity index (χ0) is 34.2. The minimum atomic E-state index is -2.94. The third-order valence-electron chi connectivity index (χ3n) is 9.42. The van der Waals surface area contributed by atoms with Gasteiger partial charge in [0, 0.05) is 16.6 Å². The quantitative estimate of drug-likeness (QED) is 0.277. The normalized spacial score (nSPS) is 28.6. The van der Waals surface area contributed by atoms with Crippen molar-refractivity contribution in [3.8, 4) is 28.4 Å². The molecule has 2 aromatic carbocycles. The summed E-state index contributed by atoms with van der Waals surface area (Å²) in [7, 11) is -5.88. The molecule has 0 atom stereocenters. The van der Waals surface area contributed by atoms with Crippen molar-refractivity contribution < 1.29 is 32.4 Å². The molecule has 2 heterocycles. The molecule has 4 fully saturated rings. The van der Waals surface area contributed by atoms with E-state index >= 15 is 0 Å². The molecule has 4 bridgehead atoms. The largest absolute Gasteiger partial charge is 0.496 e. The van der Waals surface area contributed by atoms with Crippen LogP contribution >= 0.6 is 11.6 Å². The van der Waals surface area contributed by atoms with Crippen LogP contribution in [-0.2, 0) is 4.79 Å². The van der Waals surface area contributed by atoms with Crippen LogP contribution in [0.3, 0.4) is 0 Å². The van der Waals surface area contributed by atoms with E-state index in [1.54, 1.807) is 24.3 Å². The maximum absolute atomic E-state index is 14.2. The predicted molar refractivity (Wildman–Crippen MR) is 157 cm³/mol. The summed E-state index contributed by atoms with van der Waals surface area (Å²) in [4.78, 5) is 31.6. The second-order valence-corrected chi connectivity index (χ2v) is 12.0. The minimum Gasteiger partial charge on any atom is -0.496 e. The van der Waals surface area contributed by atoms with Crippen molar-refractivity contribution in [2.24, 2.45) is 23.7 Å². The van der Waals surface area contributed by atoms with Crippen molar-refractivity contribution in [3.05, 3.63) is 65.4 Å². The van der Waals surface area contributed by atoms with Crippen LogP contribution in [0.15, 0.2) is 54.7 Å². The van der Waals surface area contributed by atoms with Gasteiger partial charge in [-0.3, -0.25) is 9.78 Å². The second kappa shape index (κ2) is 10.0. The molecule has 8 rings (SSSR count). The highest BCUT2D eigenvalue weighted by molar-refractivity contribution is 6.31. The monoisotopic (exact) mass is 598 g/mol. The summed E-state index contributed by atoms with van der Waals surface area (Å²) in [5.41, 5.74) is -0.823. The van der Waals surface area contributed by atoms with E-state index in [1.165, 1.54) is 35.1 Å². The van der Waals surface area contributed by atoms with E-state index in [4.69, 9.17) is 29.3 Å². The highest BCUT2D eigenvalue weighted by Crippen LogP contribution is 2.58. The molecule has 9 nitrogen and oxygen atoms in total. The Kier molecular flexibility index (Phi) is 4.94. The Bertz CT molecular complexity index is 1880. The average Bonchev–Trinajstić information content (AvgIpc) is 3.41. The molecule has 4 saturated carbocycles. The third-order valence-corrected chi connectivity index (χ3v) is 9.65. The lowest BCUT2D eigenvalue weighted by Gasteiger charge is -2.59. The van der Waals surface area contributed by atoms with Gasteiger partial charge >= 0.3 is 5.97 Å². The van der Waals surface area contributed by atoms with Gasteiger partial charge in [-0.25, -0.2) is 9.48 Å². The Morgan fingerprint density at radius 3 is 2.36 bits per heavy atom. The van der Waals surface area contributed by atoms with Crippen molar-refractivity contribution >= 4 is 34.4 Å². The van der Waals surface area contributed by atoms with Crippen molar-refractivity contribution in [2.45, 2.75) is 37.6 Å². The number of amides is 1. The maximum atomic E-state index is 14.2. The number of aromatic nitrogens is 3. The van der Waals surface area contributed by atoms with Gasteiger partial charge in [0.15, 0.2) is 5.69 Å². The topological polar surface area (TPSA) is 116 Å². The standard InChI is InChI=1S/C32H31ClN4O5/c1-41-27-4-3-5-28(42-2)29(27)26-16-24(36-37(26)25-8-9-34-23-15-21(33)6-7-22(23)25)30(38)35-32(31(39)40)19-11-17-10-18(13-19)14-20(32)12-17/h3-9,15-20H,10-14H2,1-2H3,(H,35,38)(H,39,40)/i1T3,2T3. The molecule has 42 heavy (non-hydrogen) atoms. The Balaban J connectivity index is 1.41. The summed E-state index contributed by atoms with van der Waals surface area (Å²) in [6, 6.07) is 12.0. The van der Waals surface area contributed by atoms with Crippen LogP contribution in [0, 0.1) is 23.7 Å². The lowest BCUT2D eigenvalue weighted by Crippen LogP contribution is -2.70. The number of halogens is 1. The number of carbonyl (C=O) groups is 2. The van der Waals surface area contributed by atoms with Gasteiger partial charge in [-0.1, -0.05) is 17.7 Å². The van der Waals surface area contributed by atoms with Gasteiger partial charge in [0.05, 0.1) is 44.8 Å². The fraction of sp³-hybridized carbons (Fsp3) is 0.375. The van der Waals surface area contributed by atoms with E-state index in [9.17, 15) is 14.7 Å². The molecule has 10 heteroatoms. The Labute approximate surface area is 256 Å². The van der Waals surface area contributed by atoms with E-state index in [-0.39, 0.29) is 40.3 Å². The number of pyridine rings is 1. The van der Waals surface area contributed by atoms with Crippen LogP contribution < -0.4 is 14.8 Å². The number of ether oxygens (including phenoxy) is 2. The molecular weight excluding hydrogens is 556 g/mol. The van der Waals surface area contributed by atoms with Crippen molar-refractivity contribution in [3.63, 3.8) is 0 Å². The van der Waals surface area contributed by atoms with Crippen molar-refractivity contribution in [2.75, 3.05) is 14.1 Å². The molecule has 0 spiro atoms. The molecule has 0 radical (unpaired) electrons. The number of nitrogens with zero attached hydrogens (tertiary/aromatic N) is 3. The highest BCUT2D eigenvalue weighted by Gasteiger charge is 2.62. The molecular formula is C32H31ClN4O5. The Morgan fingerprint density at radius 1 is 1.02 bits per heavy atom. The molecule has 4 aliphatic rings. The zero-order valence-electron chi connectivity index (χ0n) is 28.3. The predicted octanol–water partition coefficient (Wildman–Crippen LogP) is 5.77. The first-order valence-electron chi connectivity index (χ1n) is 16.8. The van der Waals surface area contributed by atoms with Crippen molar-refractivity contribution in [1.29, 1.82) is 0 Å². The first-order chi connectivity index (χ1) is 22.6. The minimum absolute atomic E-state index is 0.0520. The van der Waals surface area contributed by atoms with E-state index < -0.39 is 31.5 Å². The molecule has 216 valence electrons. The first-order valence-corrected chi connectivity index (χ1v) is 14.2. The number of carboxylic acids is 1. The third kappa shape index (κ3) is 4.05. The number of aliphatic carboxylic acids is 1. The summed E-state index contributed by atoms with van der Waals surface area (Å²) in [6.07, 6.45) is 5.48. The van der Waals surface area contributed by atoms with Gasteiger partial charge < -0.3 is 19.9 Å². The lowest BCUT2D eigenvalue weighted by molar-refractivity contribution is -0.163. The number of nitrogens with one attached hydrogen (secondary N) is 1. The molecule has 1 amide bonds. The number of hydrogen-bond donors (Lipinski definition) is 2. The molecule has 0 aliphatic heterocycles. The van der Waals surface area contributed by atoms with Crippen LogP contribution in [0.1, 0.15) is 50.8 Å². The molecule has 0 unspecified atom stereocenters. The first kappa shape index (κ1) is 20.7. The number of methoxy groups -OCH3 is 2. The molecule has 4 aromatic rings. The van der Waals surface area contributed by atoms with Gasteiger partial charge in [-0.15, -0.1) is 0 Å². The molecule has 0 saturated heterocycles. The molecule has 2 aromatic heterocycles. The van der Waals surface area contributed by atoms with Gasteiger partial charge in [0.1, 0.15) is 17.0 Å². The van der Waals surface area contributed by atoms with Crippen LogP contribution in [0.25, 0.3) is 27.8 Å². The fourth-order valence-corrected chi connectivity index (χ4v) is 8.03.